The first-order valence-electron chi connectivity index (χ1n) is 8.93. The molecule has 2 heterocycles. The van der Waals surface area contributed by atoms with Gasteiger partial charge in [-0.1, -0.05) is 43.0 Å². The largest absolute Gasteiger partial charge is 0.444 e. The molecule has 0 bridgehead atoms. The van der Waals surface area contributed by atoms with Gasteiger partial charge in [0.1, 0.15) is 18.4 Å². The molecule has 0 spiro atoms. The van der Waals surface area contributed by atoms with E-state index in [4.69, 9.17) is 9.47 Å². The highest BCUT2D eigenvalue weighted by atomic mass is 16.6. The lowest BCUT2D eigenvalue weighted by Crippen LogP contribution is -2.53. The van der Waals surface area contributed by atoms with Crippen LogP contribution in [0.1, 0.15) is 25.1 Å². The summed E-state index contributed by atoms with van der Waals surface area (Å²) in [5.74, 6) is -0.405. The number of carbonyl (C=O) groups excluding carboxylic acids is 2. The summed E-state index contributed by atoms with van der Waals surface area (Å²) in [4.78, 5) is 31.0. The predicted molar refractivity (Wildman–Crippen MR) is 104 cm³/mol. The fourth-order valence-corrected chi connectivity index (χ4v) is 2.97. The second-order valence-corrected chi connectivity index (χ2v) is 6.87. The van der Waals surface area contributed by atoms with Gasteiger partial charge in [0.15, 0.2) is 0 Å². The lowest BCUT2D eigenvalue weighted by atomic mass is 10.2. The number of pyridine rings is 1. The zero-order chi connectivity index (χ0) is 20.1. The molecule has 1 aromatic heterocycles. The van der Waals surface area contributed by atoms with Gasteiger partial charge in [-0.25, -0.2) is 4.79 Å². The van der Waals surface area contributed by atoms with Crippen LogP contribution in [0.25, 0.3) is 5.70 Å². The topological polar surface area (TPSA) is 80.8 Å². The Hall–Kier alpha value is -3.19. The monoisotopic (exact) mass is 381 g/mol. The second kappa shape index (κ2) is 8.22. The Morgan fingerprint density at radius 3 is 2.64 bits per heavy atom. The van der Waals surface area contributed by atoms with Crippen LogP contribution in [0.5, 0.6) is 0 Å². The van der Waals surface area contributed by atoms with E-state index in [1.165, 1.54) is 4.90 Å². The number of nitrogens with one attached hydrogen (secondary N) is 1. The first kappa shape index (κ1) is 19.6. The highest BCUT2D eigenvalue weighted by molar-refractivity contribution is 5.92. The molecule has 7 nitrogen and oxygen atoms in total. The van der Waals surface area contributed by atoms with Crippen molar-refractivity contribution in [3.63, 3.8) is 0 Å². The van der Waals surface area contributed by atoms with Crippen molar-refractivity contribution in [2.75, 3.05) is 6.61 Å². The molecule has 7 heteroatoms. The number of benzene rings is 1. The molecule has 1 aliphatic heterocycles. The molecule has 0 radical (unpaired) electrons. The summed E-state index contributed by atoms with van der Waals surface area (Å²) < 4.78 is 11.1. The average molecular weight is 381 g/mol. The quantitative estimate of drug-likeness (QED) is 0.861. The van der Waals surface area contributed by atoms with Crippen LogP contribution in [0.3, 0.4) is 0 Å². The highest BCUT2D eigenvalue weighted by Gasteiger charge is 2.48. The maximum atomic E-state index is 12.8. The van der Waals surface area contributed by atoms with Crippen molar-refractivity contribution in [2.24, 2.45) is 0 Å². The van der Waals surface area contributed by atoms with Crippen LogP contribution in [0, 0.1) is 0 Å². The van der Waals surface area contributed by atoms with Crippen LogP contribution in [-0.2, 0) is 20.9 Å². The molecule has 146 valence electrons. The fraction of sp³-hybridized carbons (Fsp3) is 0.286. The van der Waals surface area contributed by atoms with E-state index in [0.29, 0.717) is 11.4 Å². The van der Waals surface area contributed by atoms with Crippen molar-refractivity contribution in [3.05, 3.63) is 72.6 Å². The molecule has 28 heavy (non-hydrogen) atoms. The van der Waals surface area contributed by atoms with E-state index in [0.717, 1.165) is 5.56 Å². The van der Waals surface area contributed by atoms with Gasteiger partial charge in [0.25, 0.3) is 0 Å². The SMILES string of the molecule is C=C(NC(=O)[C@@H]1COC(C)(C)N1C(=O)OCc1ccccc1)c1ccccn1. The minimum Gasteiger partial charge on any atom is -0.444 e. The maximum Gasteiger partial charge on any atom is 0.413 e. The van der Waals surface area contributed by atoms with E-state index >= 15 is 0 Å². The Kier molecular flexibility index (Phi) is 5.75. The Labute approximate surface area is 164 Å². The molecule has 0 aliphatic carbocycles. The van der Waals surface area contributed by atoms with Crippen molar-refractivity contribution >= 4 is 17.7 Å². The van der Waals surface area contributed by atoms with E-state index in [1.54, 1.807) is 38.2 Å². The van der Waals surface area contributed by atoms with Gasteiger partial charge in [0, 0.05) is 6.20 Å². The third-order valence-corrected chi connectivity index (χ3v) is 4.44. The number of hydrogen-bond donors (Lipinski definition) is 1. The lowest BCUT2D eigenvalue weighted by molar-refractivity contribution is -0.124. The number of hydrogen-bond acceptors (Lipinski definition) is 5. The zero-order valence-corrected chi connectivity index (χ0v) is 15.9. The molecule has 0 unspecified atom stereocenters. The Morgan fingerprint density at radius 2 is 1.96 bits per heavy atom. The van der Waals surface area contributed by atoms with Crippen LogP contribution in [0.4, 0.5) is 4.79 Å². The second-order valence-electron chi connectivity index (χ2n) is 6.87. The Bertz CT molecular complexity index is 852. The Morgan fingerprint density at radius 1 is 1.25 bits per heavy atom. The molecular formula is C21H23N3O4. The van der Waals surface area contributed by atoms with E-state index in [1.807, 2.05) is 30.3 Å². The molecule has 1 fully saturated rings. The van der Waals surface area contributed by atoms with Crippen molar-refractivity contribution in [3.8, 4) is 0 Å². The van der Waals surface area contributed by atoms with Gasteiger partial charge in [-0.15, -0.1) is 0 Å². The number of amides is 2. The number of carbonyl (C=O) groups is 2. The van der Waals surface area contributed by atoms with Gasteiger partial charge in [-0.05, 0) is 31.5 Å². The first-order valence-corrected chi connectivity index (χ1v) is 8.93. The lowest BCUT2D eigenvalue weighted by Gasteiger charge is -2.32. The molecular weight excluding hydrogens is 358 g/mol. The fourth-order valence-electron chi connectivity index (χ4n) is 2.97. The van der Waals surface area contributed by atoms with E-state index in [-0.39, 0.29) is 13.2 Å². The summed E-state index contributed by atoms with van der Waals surface area (Å²) >= 11 is 0. The van der Waals surface area contributed by atoms with Gasteiger partial charge in [-0.3, -0.25) is 14.7 Å². The van der Waals surface area contributed by atoms with Crippen molar-refractivity contribution in [2.45, 2.75) is 32.2 Å². The van der Waals surface area contributed by atoms with Crippen LogP contribution in [0.15, 0.2) is 61.3 Å². The average Bonchev–Trinajstić information content (AvgIpc) is 3.02. The normalized spacial score (nSPS) is 17.8. The summed E-state index contributed by atoms with van der Waals surface area (Å²) in [5.41, 5.74) is 0.792. The minimum atomic E-state index is -0.970. The summed E-state index contributed by atoms with van der Waals surface area (Å²) in [7, 11) is 0. The van der Waals surface area contributed by atoms with E-state index < -0.39 is 23.8 Å². The van der Waals surface area contributed by atoms with Crippen molar-refractivity contribution in [1.29, 1.82) is 0 Å². The molecule has 2 amide bonds. The van der Waals surface area contributed by atoms with Crippen LogP contribution < -0.4 is 5.32 Å². The predicted octanol–water partition coefficient (Wildman–Crippen LogP) is 2.94. The number of nitrogens with zero attached hydrogens (tertiary/aromatic N) is 2. The number of aromatic nitrogens is 1. The number of ether oxygens (including phenoxy) is 2. The third kappa shape index (κ3) is 4.37. The third-order valence-electron chi connectivity index (χ3n) is 4.44. The van der Waals surface area contributed by atoms with Crippen molar-refractivity contribution in [1.82, 2.24) is 15.2 Å². The van der Waals surface area contributed by atoms with Gasteiger partial charge >= 0.3 is 6.09 Å². The highest BCUT2D eigenvalue weighted by Crippen LogP contribution is 2.29. The van der Waals surface area contributed by atoms with Crippen LogP contribution in [-0.4, -0.2) is 40.3 Å². The zero-order valence-electron chi connectivity index (χ0n) is 15.9. The van der Waals surface area contributed by atoms with Gasteiger partial charge in [0.2, 0.25) is 5.91 Å². The molecule has 1 saturated heterocycles. The van der Waals surface area contributed by atoms with E-state index in [2.05, 4.69) is 16.9 Å². The molecule has 1 aliphatic rings. The standard InChI is InChI=1S/C21H23N3O4/c1-15(17-11-7-8-12-22-17)23-19(25)18-14-28-21(2,3)24(18)20(26)27-13-16-9-5-4-6-10-16/h4-12,18H,1,13-14H2,2-3H3,(H,23,25)/t18-/m0/s1. The smallest absolute Gasteiger partial charge is 0.413 e. The molecule has 2 aromatic rings. The first-order chi connectivity index (χ1) is 13.4. The summed E-state index contributed by atoms with van der Waals surface area (Å²) in [6.07, 6.45) is 0.997. The summed E-state index contributed by atoms with van der Waals surface area (Å²) in [5, 5.41) is 2.71. The van der Waals surface area contributed by atoms with Crippen molar-refractivity contribution < 1.29 is 19.1 Å². The van der Waals surface area contributed by atoms with Gasteiger partial charge < -0.3 is 14.8 Å². The van der Waals surface area contributed by atoms with Crippen LogP contribution >= 0.6 is 0 Å². The molecule has 1 atom stereocenters. The van der Waals surface area contributed by atoms with Gasteiger partial charge in [0.05, 0.1) is 18.0 Å². The summed E-state index contributed by atoms with van der Waals surface area (Å²) in [6, 6.07) is 13.8. The van der Waals surface area contributed by atoms with E-state index in [9.17, 15) is 9.59 Å². The summed E-state index contributed by atoms with van der Waals surface area (Å²) in [6.45, 7) is 7.46. The minimum absolute atomic E-state index is 0.0643. The number of rotatable bonds is 5. The molecule has 3 rings (SSSR count). The molecule has 1 N–H and O–H groups in total. The molecule has 1 aromatic carbocycles. The van der Waals surface area contributed by atoms with Crippen LogP contribution in [0.2, 0.25) is 0 Å². The van der Waals surface area contributed by atoms with Gasteiger partial charge in [-0.2, -0.15) is 0 Å². The Balaban J connectivity index is 1.68. The maximum absolute atomic E-state index is 12.8. The molecule has 0 saturated carbocycles.